The van der Waals surface area contributed by atoms with E-state index < -0.39 is 0 Å². The average Bonchev–Trinajstić information content (AvgIpc) is 2.91. The van der Waals surface area contributed by atoms with E-state index in [-0.39, 0.29) is 11.1 Å². The summed E-state index contributed by atoms with van der Waals surface area (Å²) >= 11 is 0. The van der Waals surface area contributed by atoms with E-state index in [9.17, 15) is 0 Å². The summed E-state index contributed by atoms with van der Waals surface area (Å²) in [4.78, 5) is 6.03. The molecular formula is C26H37NO. The van der Waals surface area contributed by atoms with Crippen molar-refractivity contribution < 1.29 is 4.84 Å². The summed E-state index contributed by atoms with van der Waals surface area (Å²) in [6.45, 7) is 12.1. The molecule has 2 aliphatic rings. The Morgan fingerprint density at radius 2 is 1.46 bits per heavy atom. The lowest BCUT2D eigenvalue weighted by Crippen LogP contribution is -2.59. The minimum atomic E-state index is 0.0350. The fourth-order valence-electron chi connectivity index (χ4n) is 5.07. The minimum absolute atomic E-state index is 0.0350. The first kappa shape index (κ1) is 21.1. The van der Waals surface area contributed by atoms with E-state index in [0.717, 1.165) is 25.9 Å². The fraction of sp³-hybridized carbons (Fsp3) is 0.538. The molecule has 0 N–H and O–H groups in total. The number of nitrogens with zero attached hydrogens (tertiary/aromatic N) is 1. The molecule has 1 aliphatic heterocycles. The molecule has 2 heteroatoms. The summed E-state index contributed by atoms with van der Waals surface area (Å²) in [5, 5.41) is 2.24. The molecule has 0 saturated carbocycles. The Bertz CT molecular complexity index is 689. The number of allylic oxidation sites excluding steroid dienone is 6. The highest BCUT2D eigenvalue weighted by Crippen LogP contribution is 2.45. The SMILES string of the molecule is CCON1C(C)(C)CC(c2ccc(CCC3C=CC=CC=C3)cc2)CC1(C)C. The number of hydrogen-bond acceptors (Lipinski definition) is 2. The van der Waals surface area contributed by atoms with Crippen molar-refractivity contribution in [1.82, 2.24) is 5.06 Å². The standard InChI is InChI=1S/C26H37NO/c1-6-28-27-25(2,3)19-24(20-26(27,4)5)23-17-15-22(16-18-23)14-13-21-11-9-7-8-10-12-21/h7-12,15-18,21,24H,6,13-14,19-20H2,1-5H3. The smallest absolute Gasteiger partial charge is 0.0657 e. The Hall–Kier alpha value is -1.64. The van der Waals surface area contributed by atoms with Gasteiger partial charge in [-0.25, -0.2) is 0 Å². The van der Waals surface area contributed by atoms with E-state index in [1.807, 2.05) is 0 Å². The second-order valence-electron chi connectivity index (χ2n) is 9.54. The van der Waals surface area contributed by atoms with Gasteiger partial charge in [-0.05, 0) is 83.3 Å². The van der Waals surface area contributed by atoms with E-state index in [2.05, 4.69) is 100 Å². The van der Waals surface area contributed by atoms with Crippen molar-refractivity contribution in [2.24, 2.45) is 5.92 Å². The lowest BCUT2D eigenvalue weighted by molar-refractivity contribution is -0.280. The highest BCUT2D eigenvalue weighted by molar-refractivity contribution is 5.28. The Morgan fingerprint density at radius 1 is 0.893 bits per heavy atom. The summed E-state index contributed by atoms with van der Waals surface area (Å²) in [5.74, 6) is 1.12. The zero-order valence-electron chi connectivity index (χ0n) is 18.3. The van der Waals surface area contributed by atoms with Crippen LogP contribution in [0.4, 0.5) is 0 Å². The Balaban J connectivity index is 1.64. The molecule has 1 fully saturated rings. The van der Waals surface area contributed by atoms with E-state index in [1.54, 1.807) is 0 Å². The molecule has 0 radical (unpaired) electrons. The van der Waals surface area contributed by atoms with Crippen LogP contribution in [0.3, 0.4) is 0 Å². The molecule has 2 nitrogen and oxygen atoms in total. The van der Waals surface area contributed by atoms with Crippen molar-refractivity contribution in [2.75, 3.05) is 6.61 Å². The van der Waals surface area contributed by atoms with Crippen LogP contribution in [0.25, 0.3) is 0 Å². The number of aryl methyl sites for hydroxylation is 1. The number of benzene rings is 1. The predicted molar refractivity (Wildman–Crippen MR) is 119 cm³/mol. The molecule has 28 heavy (non-hydrogen) atoms. The summed E-state index contributed by atoms with van der Waals surface area (Å²) in [6, 6.07) is 9.41. The van der Waals surface area contributed by atoms with Crippen LogP contribution >= 0.6 is 0 Å². The lowest BCUT2D eigenvalue weighted by atomic mass is 9.72. The van der Waals surface area contributed by atoms with Crippen molar-refractivity contribution >= 4 is 0 Å². The van der Waals surface area contributed by atoms with Crippen LogP contribution in [0.5, 0.6) is 0 Å². The second kappa shape index (κ2) is 8.80. The number of piperidine rings is 1. The summed E-state index contributed by atoms with van der Waals surface area (Å²) in [6.07, 6.45) is 17.7. The van der Waals surface area contributed by atoms with Gasteiger partial charge in [-0.15, -0.1) is 0 Å². The zero-order valence-corrected chi connectivity index (χ0v) is 18.3. The molecule has 3 rings (SSSR count). The summed E-state index contributed by atoms with van der Waals surface area (Å²) in [5.41, 5.74) is 2.98. The predicted octanol–water partition coefficient (Wildman–Crippen LogP) is 6.61. The van der Waals surface area contributed by atoms with Gasteiger partial charge in [-0.2, -0.15) is 5.06 Å². The van der Waals surface area contributed by atoms with E-state index in [0.29, 0.717) is 11.8 Å². The maximum atomic E-state index is 6.03. The molecule has 1 aromatic carbocycles. The van der Waals surface area contributed by atoms with E-state index >= 15 is 0 Å². The van der Waals surface area contributed by atoms with Crippen molar-refractivity contribution in [3.05, 3.63) is 71.8 Å². The molecule has 0 amide bonds. The number of hydroxylamine groups is 2. The molecular weight excluding hydrogens is 342 g/mol. The van der Waals surface area contributed by atoms with Gasteiger partial charge in [0.1, 0.15) is 0 Å². The van der Waals surface area contributed by atoms with Gasteiger partial charge in [0, 0.05) is 11.1 Å². The fourth-order valence-corrected chi connectivity index (χ4v) is 5.07. The monoisotopic (exact) mass is 379 g/mol. The Morgan fingerprint density at radius 3 is 2.00 bits per heavy atom. The van der Waals surface area contributed by atoms with Crippen LogP contribution in [0.1, 0.15) is 70.9 Å². The second-order valence-corrected chi connectivity index (χ2v) is 9.54. The van der Waals surface area contributed by atoms with Gasteiger partial charge in [0.2, 0.25) is 0 Å². The molecule has 1 aromatic rings. The van der Waals surface area contributed by atoms with Gasteiger partial charge in [0.05, 0.1) is 6.61 Å². The third-order valence-electron chi connectivity index (χ3n) is 6.12. The first-order valence-corrected chi connectivity index (χ1v) is 10.9. The zero-order chi connectivity index (χ0) is 20.2. The molecule has 0 spiro atoms. The third-order valence-corrected chi connectivity index (χ3v) is 6.12. The topological polar surface area (TPSA) is 12.5 Å². The first-order chi connectivity index (χ1) is 13.3. The molecule has 1 heterocycles. The Labute approximate surface area is 171 Å². The van der Waals surface area contributed by atoms with Crippen LogP contribution in [0, 0.1) is 5.92 Å². The molecule has 0 aromatic heterocycles. The maximum Gasteiger partial charge on any atom is 0.0657 e. The normalized spacial score (nSPS) is 22.5. The van der Waals surface area contributed by atoms with Gasteiger partial charge in [0.25, 0.3) is 0 Å². The van der Waals surface area contributed by atoms with Crippen LogP contribution in [0.15, 0.2) is 60.7 Å². The lowest BCUT2D eigenvalue weighted by Gasteiger charge is -2.54. The van der Waals surface area contributed by atoms with Crippen molar-refractivity contribution in [3.8, 4) is 0 Å². The number of rotatable bonds is 6. The van der Waals surface area contributed by atoms with Gasteiger partial charge < -0.3 is 0 Å². The maximum absolute atomic E-state index is 6.03. The molecule has 1 saturated heterocycles. The van der Waals surface area contributed by atoms with Crippen molar-refractivity contribution in [3.63, 3.8) is 0 Å². The van der Waals surface area contributed by atoms with Gasteiger partial charge in [0.15, 0.2) is 0 Å². The summed E-state index contributed by atoms with van der Waals surface area (Å²) in [7, 11) is 0. The highest BCUT2D eigenvalue weighted by atomic mass is 16.7. The Kier molecular flexibility index (Phi) is 6.62. The van der Waals surface area contributed by atoms with Crippen LogP contribution < -0.4 is 0 Å². The molecule has 1 aliphatic carbocycles. The van der Waals surface area contributed by atoms with Gasteiger partial charge in [-0.1, -0.05) is 60.7 Å². The first-order valence-electron chi connectivity index (χ1n) is 10.9. The van der Waals surface area contributed by atoms with Crippen molar-refractivity contribution in [1.29, 1.82) is 0 Å². The number of hydrogen-bond donors (Lipinski definition) is 0. The quantitative estimate of drug-likeness (QED) is 0.551. The van der Waals surface area contributed by atoms with Crippen LogP contribution in [-0.2, 0) is 11.3 Å². The average molecular weight is 380 g/mol. The van der Waals surface area contributed by atoms with Crippen molar-refractivity contribution in [2.45, 2.75) is 77.3 Å². The van der Waals surface area contributed by atoms with E-state index in [1.165, 1.54) is 17.5 Å². The molecule has 0 unspecified atom stereocenters. The van der Waals surface area contributed by atoms with Crippen LogP contribution in [-0.4, -0.2) is 22.7 Å². The van der Waals surface area contributed by atoms with Crippen LogP contribution in [0.2, 0.25) is 0 Å². The van der Waals surface area contributed by atoms with E-state index in [4.69, 9.17) is 4.84 Å². The molecule has 152 valence electrons. The van der Waals surface area contributed by atoms with Gasteiger partial charge >= 0.3 is 0 Å². The molecule has 0 bridgehead atoms. The van der Waals surface area contributed by atoms with Gasteiger partial charge in [-0.3, -0.25) is 4.84 Å². The highest BCUT2D eigenvalue weighted by Gasteiger charge is 2.46. The largest absolute Gasteiger partial charge is 0.298 e. The third kappa shape index (κ3) is 5.04. The summed E-state index contributed by atoms with van der Waals surface area (Å²) < 4.78 is 0. The molecule has 0 atom stereocenters. The minimum Gasteiger partial charge on any atom is -0.298 e.